The van der Waals surface area contributed by atoms with Gasteiger partial charge in [0.2, 0.25) is 5.91 Å². The maximum atomic E-state index is 12.9. The van der Waals surface area contributed by atoms with Crippen LogP contribution >= 0.6 is 0 Å². The van der Waals surface area contributed by atoms with E-state index in [2.05, 4.69) is 10.1 Å². The van der Waals surface area contributed by atoms with Crippen molar-refractivity contribution in [2.75, 3.05) is 33.4 Å². The molecule has 2 saturated heterocycles. The van der Waals surface area contributed by atoms with E-state index in [0.29, 0.717) is 12.3 Å². The summed E-state index contributed by atoms with van der Waals surface area (Å²) in [5.41, 5.74) is 1.02. The average Bonchev–Trinajstić information content (AvgIpc) is 2.65. The van der Waals surface area contributed by atoms with Crippen molar-refractivity contribution in [3.05, 3.63) is 35.9 Å². The van der Waals surface area contributed by atoms with E-state index in [1.165, 1.54) is 13.5 Å². The first-order valence-corrected chi connectivity index (χ1v) is 9.40. The molecule has 142 valence electrons. The van der Waals surface area contributed by atoms with Gasteiger partial charge in [0, 0.05) is 32.7 Å². The third-order valence-corrected chi connectivity index (χ3v) is 5.33. The Morgan fingerprint density at radius 1 is 1.19 bits per heavy atom. The number of rotatable bonds is 6. The molecule has 1 unspecified atom stereocenters. The SMILES string of the molecule is COC(=O)NC(Cc1ccccc1)C(=O)N1CC(CC2CCOCC2)C1. The molecule has 6 nitrogen and oxygen atoms in total. The third kappa shape index (κ3) is 4.97. The van der Waals surface area contributed by atoms with Crippen molar-refractivity contribution < 1.29 is 19.1 Å². The van der Waals surface area contributed by atoms with E-state index in [1.54, 1.807) is 0 Å². The number of benzene rings is 1. The van der Waals surface area contributed by atoms with Crippen molar-refractivity contribution in [2.45, 2.75) is 31.7 Å². The maximum Gasteiger partial charge on any atom is 0.407 e. The summed E-state index contributed by atoms with van der Waals surface area (Å²) in [6, 6.07) is 9.14. The number of alkyl carbamates (subject to hydrolysis) is 1. The van der Waals surface area contributed by atoms with E-state index in [4.69, 9.17) is 4.74 Å². The highest BCUT2D eigenvalue weighted by atomic mass is 16.5. The van der Waals surface area contributed by atoms with Gasteiger partial charge in [-0.2, -0.15) is 0 Å². The zero-order valence-corrected chi connectivity index (χ0v) is 15.4. The molecule has 2 heterocycles. The lowest BCUT2D eigenvalue weighted by molar-refractivity contribution is -0.140. The zero-order chi connectivity index (χ0) is 18.4. The molecule has 2 aliphatic rings. The van der Waals surface area contributed by atoms with Gasteiger partial charge in [-0.05, 0) is 36.7 Å². The van der Waals surface area contributed by atoms with Crippen LogP contribution in [0, 0.1) is 11.8 Å². The second kappa shape index (κ2) is 9.03. The van der Waals surface area contributed by atoms with Gasteiger partial charge in [0.1, 0.15) is 6.04 Å². The lowest BCUT2D eigenvalue weighted by Gasteiger charge is -2.42. The second-order valence-electron chi connectivity index (χ2n) is 7.28. The molecular weight excluding hydrogens is 332 g/mol. The summed E-state index contributed by atoms with van der Waals surface area (Å²) in [4.78, 5) is 26.4. The van der Waals surface area contributed by atoms with Crippen molar-refractivity contribution in [2.24, 2.45) is 11.8 Å². The van der Waals surface area contributed by atoms with Gasteiger partial charge in [0.05, 0.1) is 7.11 Å². The fraction of sp³-hybridized carbons (Fsp3) is 0.600. The monoisotopic (exact) mass is 360 g/mol. The van der Waals surface area contributed by atoms with Crippen LogP contribution in [-0.2, 0) is 20.7 Å². The normalized spacial score (nSPS) is 19.5. The van der Waals surface area contributed by atoms with Gasteiger partial charge in [0.25, 0.3) is 0 Å². The summed E-state index contributed by atoms with van der Waals surface area (Å²) < 4.78 is 10.1. The highest BCUT2D eigenvalue weighted by Gasteiger charge is 2.36. The van der Waals surface area contributed by atoms with Crippen LogP contribution in [0.1, 0.15) is 24.8 Å². The van der Waals surface area contributed by atoms with Crippen LogP contribution in [0.25, 0.3) is 0 Å². The van der Waals surface area contributed by atoms with E-state index >= 15 is 0 Å². The molecule has 26 heavy (non-hydrogen) atoms. The molecule has 0 bridgehead atoms. The van der Waals surface area contributed by atoms with E-state index < -0.39 is 12.1 Å². The molecular formula is C20H28N2O4. The van der Waals surface area contributed by atoms with Crippen LogP contribution < -0.4 is 5.32 Å². The Morgan fingerprint density at radius 2 is 1.88 bits per heavy atom. The standard InChI is InChI=1S/C20H28N2O4/c1-25-20(24)21-18(12-15-5-3-2-4-6-15)19(23)22-13-17(14-22)11-16-7-9-26-10-8-16/h2-6,16-18H,7-14H2,1H3,(H,21,24). The van der Waals surface area contributed by atoms with Crippen LogP contribution in [0.5, 0.6) is 0 Å². The molecule has 0 aromatic heterocycles. The number of methoxy groups -OCH3 is 1. The summed E-state index contributed by atoms with van der Waals surface area (Å²) in [7, 11) is 1.31. The molecule has 1 aromatic rings. The van der Waals surface area contributed by atoms with Crippen molar-refractivity contribution in [3.63, 3.8) is 0 Å². The molecule has 1 atom stereocenters. The highest BCUT2D eigenvalue weighted by Crippen LogP contribution is 2.29. The van der Waals surface area contributed by atoms with Gasteiger partial charge in [0.15, 0.2) is 0 Å². The van der Waals surface area contributed by atoms with Crippen molar-refractivity contribution >= 4 is 12.0 Å². The molecule has 1 aromatic carbocycles. The van der Waals surface area contributed by atoms with Crippen LogP contribution in [0.15, 0.2) is 30.3 Å². The van der Waals surface area contributed by atoms with Gasteiger partial charge >= 0.3 is 6.09 Å². The fourth-order valence-electron chi connectivity index (χ4n) is 3.82. The number of nitrogens with zero attached hydrogens (tertiary/aromatic N) is 1. The summed E-state index contributed by atoms with van der Waals surface area (Å²) in [5.74, 6) is 1.26. The molecule has 1 N–H and O–H groups in total. The third-order valence-electron chi connectivity index (χ3n) is 5.33. The van der Waals surface area contributed by atoms with E-state index in [0.717, 1.165) is 50.6 Å². The summed E-state index contributed by atoms with van der Waals surface area (Å²) in [6.07, 6.45) is 3.32. The number of carbonyl (C=O) groups excluding carboxylic acids is 2. The molecule has 0 aliphatic carbocycles. The molecule has 6 heteroatoms. The molecule has 2 amide bonds. The largest absolute Gasteiger partial charge is 0.453 e. The van der Waals surface area contributed by atoms with Crippen molar-refractivity contribution in [3.8, 4) is 0 Å². The molecule has 0 spiro atoms. The average molecular weight is 360 g/mol. The van der Waals surface area contributed by atoms with Crippen LogP contribution in [0.4, 0.5) is 4.79 Å². The fourth-order valence-corrected chi connectivity index (χ4v) is 3.82. The number of ether oxygens (including phenoxy) is 2. The summed E-state index contributed by atoms with van der Waals surface area (Å²) >= 11 is 0. The van der Waals surface area contributed by atoms with Gasteiger partial charge in [-0.1, -0.05) is 30.3 Å². The van der Waals surface area contributed by atoms with Gasteiger partial charge < -0.3 is 19.7 Å². The van der Waals surface area contributed by atoms with E-state index in [9.17, 15) is 9.59 Å². The maximum absolute atomic E-state index is 12.9. The number of nitrogens with one attached hydrogen (secondary N) is 1. The Hall–Kier alpha value is -2.08. The Labute approximate surface area is 154 Å². The van der Waals surface area contributed by atoms with E-state index in [1.807, 2.05) is 35.2 Å². The minimum Gasteiger partial charge on any atom is -0.453 e. The lowest BCUT2D eigenvalue weighted by atomic mass is 9.84. The first-order chi connectivity index (χ1) is 12.7. The Balaban J connectivity index is 1.53. The number of hydrogen-bond donors (Lipinski definition) is 1. The smallest absolute Gasteiger partial charge is 0.407 e. The van der Waals surface area contributed by atoms with Crippen molar-refractivity contribution in [1.29, 1.82) is 0 Å². The topological polar surface area (TPSA) is 67.9 Å². The Kier molecular flexibility index (Phi) is 6.50. The highest BCUT2D eigenvalue weighted by molar-refractivity contribution is 5.86. The second-order valence-corrected chi connectivity index (χ2v) is 7.28. The lowest BCUT2D eigenvalue weighted by Crippen LogP contribution is -2.57. The van der Waals surface area contributed by atoms with E-state index in [-0.39, 0.29) is 5.91 Å². The van der Waals surface area contributed by atoms with Crippen LogP contribution in [0.3, 0.4) is 0 Å². The number of hydrogen-bond acceptors (Lipinski definition) is 4. The molecule has 3 rings (SSSR count). The van der Waals surface area contributed by atoms with Gasteiger partial charge in [-0.3, -0.25) is 4.79 Å². The van der Waals surface area contributed by atoms with Gasteiger partial charge in [-0.25, -0.2) is 4.79 Å². The van der Waals surface area contributed by atoms with Crippen LogP contribution in [-0.4, -0.2) is 56.4 Å². The number of carbonyl (C=O) groups is 2. The molecule has 2 aliphatic heterocycles. The minimum absolute atomic E-state index is 0.0255. The predicted molar refractivity (Wildman–Crippen MR) is 97.7 cm³/mol. The zero-order valence-electron chi connectivity index (χ0n) is 15.4. The molecule has 0 radical (unpaired) electrons. The van der Waals surface area contributed by atoms with Gasteiger partial charge in [-0.15, -0.1) is 0 Å². The minimum atomic E-state index is -0.589. The summed E-state index contributed by atoms with van der Waals surface area (Å²) in [5, 5.41) is 2.69. The predicted octanol–water partition coefficient (Wildman–Crippen LogP) is 2.23. The first kappa shape index (κ1) is 18.7. The molecule has 0 saturated carbocycles. The van der Waals surface area contributed by atoms with Crippen molar-refractivity contribution in [1.82, 2.24) is 10.2 Å². The number of likely N-dealkylation sites (tertiary alicyclic amines) is 1. The quantitative estimate of drug-likeness (QED) is 0.845. The van der Waals surface area contributed by atoms with Crippen LogP contribution in [0.2, 0.25) is 0 Å². The molecule has 2 fully saturated rings. The Morgan fingerprint density at radius 3 is 2.54 bits per heavy atom. The Bertz CT molecular complexity index is 595. The first-order valence-electron chi connectivity index (χ1n) is 9.40. The number of amides is 2. The summed E-state index contributed by atoms with van der Waals surface area (Å²) in [6.45, 7) is 3.29.